The normalized spacial score (nSPS) is 12.1. The van der Waals surface area contributed by atoms with E-state index in [0.29, 0.717) is 24.6 Å². The zero-order valence-corrected chi connectivity index (χ0v) is 11.3. The molecule has 1 aromatic carbocycles. The molecule has 0 radical (unpaired) electrons. The zero-order valence-electron chi connectivity index (χ0n) is 11.3. The van der Waals surface area contributed by atoms with Gasteiger partial charge in [0.1, 0.15) is 0 Å². The molecular formula is C15H19NO3. The second-order valence-corrected chi connectivity index (χ2v) is 4.36. The molecule has 0 saturated heterocycles. The zero-order chi connectivity index (χ0) is 14.1. The van der Waals surface area contributed by atoms with Crippen LogP contribution in [0.2, 0.25) is 0 Å². The van der Waals surface area contributed by atoms with Crippen LogP contribution >= 0.6 is 0 Å². The van der Waals surface area contributed by atoms with Gasteiger partial charge in [0.15, 0.2) is 0 Å². The van der Waals surface area contributed by atoms with E-state index >= 15 is 0 Å². The van der Waals surface area contributed by atoms with E-state index in [1.165, 1.54) is 6.08 Å². The van der Waals surface area contributed by atoms with Crippen molar-refractivity contribution in [2.24, 2.45) is 5.92 Å². The minimum absolute atomic E-state index is 0.338. The van der Waals surface area contributed by atoms with Crippen LogP contribution in [0.5, 0.6) is 0 Å². The van der Waals surface area contributed by atoms with Crippen molar-refractivity contribution >= 4 is 24.1 Å². The van der Waals surface area contributed by atoms with Crippen molar-refractivity contribution in [1.82, 2.24) is 0 Å². The van der Waals surface area contributed by atoms with Gasteiger partial charge >= 0.3 is 5.97 Å². The first-order valence-corrected chi connectivity index (χ1v) is 6.30. The Hall–Kier alpha value is -2.10. The predicted molar refractivity (Wildman–Crippen MR) is 75.6 cm³/mol. The summed E-state index contributed by atoms with van der Waals surface area (Å²) in [4.78, 5) is 21.7. The van der Waals surface area contributed by atoms with E-state index in [0.717, 1.165) is 12.0 Å². The summed E-state index contributed by atoms with van der Waals surface area (Å²) < 4.78 is 5.09. The topological polar surface area (TPSA) is 55.4 Å². The number of hydrogen-bond acceptors (Lipinski definition) is 3. The molecule has 0 fully saturated rings. The predicted octanol–water partition coefficient (Wildman–Crippen LogP) is 2.86. The molecule has 1 unspecified atom stereocenters. The highest BCUT2D eigenvalue weighted by molar-refractivity contribution is 5.87. The first kappa shape index (κ1) is 15.0. The van der Waals surface area contributed by atoms with Gasteiger partial charge in [0, 0.05) is 11.8 Å². The standard InChI is InChI=1S/C15H19NO3/c1-3-12(2)10-19-15(18)9-6-13-4-7-14(8-5-13)16-11-17/h4-9,11-12H,3,10H2,1-2H3,(H,16,17)/b9-6+. The van der Waals surface area contributed by atoms with E-state index in [2.05, 4.69) is 12.2 Å². The highest BCUT2D eigenvalue weighted by atomic mass is 16.5. The molecule has 0 aliphatic heterocycles. The summed E-state index contributed by atoms with van der Waals surface area (Å²) in [6.45, 7) is 4.54. The molecule has 1 atom stereocenters. The number of benzene rings is 1. The van der Waals surface area contributed by atoms with Crippen molar-refractivity contribution < 1.29 is 14.3 Å². The van der Waals surface area contributed by atoms with Gasteiger partial charge in [-0.3, -0.25) is 4.79 Å². The van der Waals surface area contributed by atoms with E-state index in [1.54, 1.807) is 18.2 Å². The largest absolute Gasteiger partial charge is 0.462 e. The number of nitrogens with one attached hydrogen (secondary N) is 1. The van der Waals surface area contributed by atoms with Crippen LogP contribution in [0.3, 0.4) is 0 Å². The molecule has 4 heteroatoms. The fourth-order valence-corrected chi connectivity index (χ4v) is 1.31. The van der Waals surface area contributed by atoms with Gasteiger partial charge in [0.05, 0.1) is 6.61 Å². The smallest absolute Gasteiger partial charge is 0.330 e. The van der Waals surface area contributed by atoms with Gasteiger partial charge in [-0.05, 0) is 29.7 Å². The van der Waals surface area contributed by atoms with Crippen LogP contribution in [0.15, 0.2) is 30.3 Å². The fraction of sp³-hybridized carbons (Fsp3) is 0.333. The van der Waals surface area contributed by atoms with Crippen LogP contribution < -0.4 is 5.32 Å². The first-order valence-electron chi connectivity index (χ1n) is 6.30. The van der Waals surface area contributed by atoms with Gasteiger partial charge in [-0.25, -0.2) is 4.79 Å². The molecule has 0 bridgehead atoms. The lowest BCUT2D eigenvalue weighted by Gasteiger charge is -2.07. The minimum Gasteiger partial charge on any atom is -0.462 e. The summed E-state index contributed by atoms with van der Waals surface area (Å²) in [6, 6.07) is 7.14. The maximum Gasteiger partial charge on any atom is 0.330 e. The Kier molecular flexibility index (Phi) is 6.36. The molecule has 19 heavy (non-hydrogen) atoms. The summed E-state index contributed by atoms with van der Waals surface area (Å²) in [6.07, 6.45) is 4.70. The number of carbonyl (C=O) groups is 2. The van der Waals surface area contributed by atoms with Crippen LogP contribution in [-0.2, 0) is 14.3 Å². The lowest BCUT2D eigenvalue weighted by molar-refractivity contribution is -0.138. The van der Waals surface area contributed by atoms with Gasteiger partial charge in [-0.1, -0.05) is 32.4 Å². The molecular weight excluding hydrogens is 242 g/mol. The molecule has 0 heterocycles. The van der Waals surface area contributed by atoms with E-state index in [9.17, 15) is 9.59 Å². The minimum atomic E-state index is -0.338. The van der Waals surface area contributed by atoms with Gasteiger partial charge in [0.25, 0.3) is 0 Å². The monoisotopic (exact) mass is 261 g/mol. The average Bonchev–Trinajstić information content (AvgIpc) is 2.44. The number of amides is 1. The Bertz CT molecular complexity index is 437. The lowest BCUT2D eigenvalue weighted by Crippen LogP contribution is -2.08. The summed E-state index contributed by atoms with van der Waals surface area (Å²) in [7, 11) is 0. The van der Waals surface area contributed by atoms with E-state index in [-0.39, 0.29) is 5.97 Å². The summed E-state index contributed by atoms with van der Waals surface area (Å²) in [5.41, 5.74) is 1.59. The molecule has 0 saturated carbocycles. The van der Waals surface area contributed by atoms with Gasteiger partial charge in [0.2, 0.25) is 6.41 Å². The summed E-state index contributed by atoms with van der Waals surface area (Å²) in [5.74, 6) is 0.0430. The molecule has 0 aliphatic carbocycles. The Morgan fingerprint density at radius 1 is 1.37 bits per heavy atom. The van der Waals surface area contributed by atoms with Crippen LogP contribution in [0, 0.1) is 5.92 Å². The maximum atomic E-state index is 11.4. The van der Waals surface area contributed by atoms with Crippen LogP contribution in [-0.4, -0.2) is 19.0 Å². The number of rotatable bonds is 7. The van der Waals surface area contributed by atoms with E-state index < -0.39 is 0 Å². The summed E-state index contributed by atoms with van der Waals surface area (Å²) in [5, 5.41) is 2.54. The van der Waals surface area contributed by atoms with Crippen molar-refractivity contribution in [3.8, 4) is 0 Å². The van der Waals surface area contributed by atoms with Crippen molar-refractivity contribution in [1.29, 1.82) is 0 Å². The molecule has 1 amide bonds. The molecule has 4 nitrogen and oxygen atoms in total. The van der Waals surface area contributed by atoms with Gasteiger partial charge in [-0.2, -0.15) is 0 Å². The fourth-order valence-electron chi connectivity index (χ4n) is 1.31. The van der Waals surface area contributed by atoms with Gasteiger partial charge in [-0.15, -0.1) is 0 Å². The van der Waals surface area contributed by atoms with Crippen LogP contribution in [0.25, 0.3) is 6.08 Å². The molecule has 0 aliphatic rings. The SMILES string of the molecule is CCC(C)COC(=O)/C=C/c1ccc(NC=O)cc1. The molecule has 1 N–H and O–H groups in total. The second-order valence-electron chi connectivity index (χ2n) is 4.36. The average molecular weight is 261 g/mol. The van der Waals surface area contributed by atoms with E-state index in [4.69, 9.17) is 4.74 Å². The third-order valence-electron chi connectivity index (χ3n) is 2.76. The van der Waals surface area contributed by atoms with Crippen molar-refractivity contribution in [3.05, 3.63) is 35.9 Å². The van der Waals surface area contributed by atoms with Gasteiger partial charge < -0.3 is 10.1 Å². The van der Waals surface area contributed by atoms with Crippen molar-refractivity contribution in [2.75, 3.05) is 11.9 Å². The number of anilines is 1. The molecule has 1 rings (SSSR count). The van der Waals surface area contributed by atoms with Crippen LogP contribution in [0.4, 0.5) is 5.69 Å². The quantitative estimate of drug-likeness (QED) is 0.466. The number of ether oxygens (including phenoxy) is 1. The molecule has 0 spiro atoms. The maximum absolute atomic E-state index is 11.4. The third-order valence-corrected chi connectivity index (χ3v) is 2.76. The highest BCUT2D eigenvalue weighted by Crippen LogP contribution is 2.10. The Morgan fingerprint density at radius 3 is 2.63 bits per heavy atom. The lowest BCUT2D eigenvalue weighted by atomic mass is 10.1. The molecule has 1 aromatic rings. The Morgan fingerprint density at radius 2 is 2.05 bits per heavy atom. The number of hydrogen-bond donors (Lipinski definition) is 1. The van der Waals surface area contributed by atoms with Crippen LogP contribution in [0.1, 0.15) is 25.8 Å². The number of carbonyl (C=O) groups excluding carboxylic acids is 2. The molecule has 0 aromatic heterocycles. The second kappa shape index (κ2) is 8.08. The van der Waals surface area contributed by atoms with Crippen molar-refractivity contribution in [3.63, 3.8) is 0 Å². The Labute approximate surface area is 113 Å². The van der Waals surface area contributed by atoms with Crippen molar-refractivity contribution in [2.45, 2.75) is 20.3 Å². The first-order chi connectivity index (χ1) is 9.15. The Balaban J connectivity index is 2.46. The molecule has 102 valence electrons. The number of esters is 1. The summed E-state index contributed by atoms with van der Waals surface area (Å²) >= 11 is 0. The third kappa shape index (κ3) is 5.86. The highest BCUT2D eigenvalue weighted by Gasteiger charge is 2.02. The van der Waals surface area contributed by atoms with E-state index in [1.807, 2.05) is 19.1 Å².